The second-order valence-corrected chi connectivity index (χ2v) is 8.06. The average molecular weight is 294 g/mol. The maximum atomic E-state index is 3.97. The van der Waals surface area contributed by atoms with E-state index in [0.29, 0.717) is 0 Å². The Morgan fingerprint density at radius 1 is 0.857 bits per heavy atom. The quantitative estimate of drug-likeness (QED) is 0.626. The molecule has 2 rings (SSSR count). The minimum atomic E-state index is 0.829. The molecule has 1 heterocycles. The van der Waals surface area contributed by atoms with Crippen molar-refractivity contribution in [3.63, 3.8) is 0 Å². The van der Waals surface area contributed by atoms with Crippen LogP contribution in [-0.4, -0.2) is 12.6 Å². The molecule has 2 aliphatic rings. The number of hydrogen-bond acceptors (Lipinski definition) is 1. The van der Waals surface area contributed by atoms with Gasteiger partial charge in [-0.3, -0.25) is 0 Å². The zero-order valence-electron chi connectivity index (χ0n) is 14.9. The van der Waals surface area contributed by atoms with Gasteiger partial charge < -0.3 is 5.32 Å². The molecule has 1 heteroatoms. The molecule has 0 radical (unpaired) electrons. The second kappa shape index (κ2) is 9.18. The Kier molecular flexibility index (Phi) is 7.57. The van der Waals surface area contributed by atoms with Crippen molar-refractivity contribution in [2.45, 2.75) is 97.4 Å². The smallest absolute Gasteiger partial charge is 0.00955 e. The zero-order valence-corrected chi connectivity index (χ0v) is 14.9. The van der Waals surface area contributed by atoms with Crippen molar-refractivity contribution in [3.8, 4) is 0 Å². The third-order valence-electron chi connectivity index (χ3n) is 6.37. The Morgan fingerprint density at radius 3 is 2.14 bits per heavy atom. The summed E-state index contributed by atoms with van der Waals surface area (Å²) in [4.78, 5) is 0. The van der Waals surface area contributed by atoms with Gasteiger partial charge >= 0.3 is 0 Å². The van der Waals surface area contributed by atoms with Crippen LogP contribution in [0.4, 0.5) is 0 Å². The minimum Gasteiger partial charge on any atom is -0.313 e. The zero-order chi connectivity index (χ0) is 15.1. The van der Waals surface area contributed by atoms with Crippen LogP contribution in [0, 0.1) is 23.7 Å². The standard InChI is InChI=1S/C20H39N/c1-4-6-8-18(7-5-2)20-14-13-19(15-21-20)17-11-9-16(3)10-12-17/h16-21H,4-15H2,1-3H3. The van der Waals surface area contributed by atoms with Gasteiger partial charge in [0.2, 0.25) is 0 Å². The van der Waals surface area contributed by atoms with Gasteiger partial charge in [0.1, 0.15) is 0 Å². The summed E-state index contributed by atoms with van der Waals surface area (Å²) in [5.74, 6) is 3.97. The molecular formula is C20H39N. The predicted octanol–water partition coefficient (Wildman–Crippen LogP) is 5.79. The van der Waals surface area contributed by atoms with Crippen LogP contribution in [0.5, 0.6) is 0 Å². The van der Waals surface area contributed by atoms with E-state index in [1.165, 1.54) is 77.2 Å². The maximum absolute atomic E-state index is 3.97. The van der Waals surface area contributed by atoms with E-state index < -0.39 is 0 Å². The molecule has 2 fully saturated rings. The molecule has 124 valence electrons. The third-order valence-corrected chi connectivity index (χ3v) is 6.37. The summed E-state index contributed by atoms with van der Waals surface area (Å²) < 4.78 is 0. The lowest BCUT2D eigenvalue weighted by Gasteiger charge is -2.40. The fraction of sp³-hybridized carbons (Fsp3) is 1.00. The molecule has 1 aliphatic carbocycles. The van der Waals surface area contributed by atoms with Gasteiger partial charge in [0.15, 0.2) is 0 Å². The maximum Gasteiger partial charge on any atom is 0.00955 e. The van der Waals surface area contributed by atoms with E-state index in [4.69, 9.17) is 0 Å². The number of rotatable bonds is 7. The molecule has 1 aliphatic heterocycles. The van der Waals surface area contributed by atoms with Gasteiger partial charge in [-0.2, -0.15) is 0 Å². The molecule has 21 heavy (non-hydrogen) atoms. The van der Waals surface area contributed by atoms with E-state index in [1.807, 2.05) is 0 Å². The van der Waals surface area contributed by atoms with Crippen molar-refractivity contribution in [1.29, 1.82) is 0 Å². The van der Waals surface area contributed by atoms with Crippen molar-refractivity contribution >= 4 is 0 Å². The number of unbranched alkanes of at least 4 members (excludes halogenated alkanes) is 1. The highest BCUT2D eigenvalue weighted by Gasteiger charge is 2.31. The first kappa shape index (κ1) is 17.3. The Morgan fingerprint density at radius 2 is 1.57 bits per heavy atom. The van der Waals surface area contributed by atoms with Crippen LogP contribution in [0.3, 0.4) is 0 Å². The number of nitrogens with one attached hydrogen (secondary N) is 1. The van der Waals surface area contributed by atoms with E-state index >= 15 is 0 Å². The summed E-state index contributed by atoms with van der Waals surface area (Å²) in [5, 5.41) is 3.97. The Labute approximate surface area is 133 Å². The first-order valence-corrected chi connectivity index (χ1v) is 9.97. The molecule has 0 bridgehead atoms. The SMILES string of the molecule is CCCCC(CCC)C1CCC(C2CCC(C)CC2)CN1. The van der Waals surface area contributed by atoms with Crippen LogP contribution < -0.4 is 5.32 Å². The van der Waals surface area contributed by atoms with Crippen LogP contribution in [0.2, 0.25) is 0 Å². The summed E-state index contributed by atoms with van der Waals surface area (Å²) in [7, 11) is 0. The van der Waals surface area contributed by atoms with Gasteiger partial charge in [0.05, 0.1) is 0 Å². The molecule has 1 nitrogen and oxygen atoms in total. The van der Waals surface area contributed by atoms with Crippen LogP contribution >= 0.6 is 0 Å². The molecule has 0 spiro atoms. The highest BCUT2D eigenvalue weighted by molar-refractivity contribution is 4.87. The molecular weight excluding hydrogens is 254 g/mol. The lowest BCUT2D eigenvalue weighted by atomic mass is 9.72. The summed E-state index contributed by atoms with van der Waals surface area (Å²) in [6.07, 6.45) is 16.0. The largest absolute Gasteiger partial charge is 0.313 e. The third kappa shape index (κ3) is 5.27. The Bertz CT molecular complexity index is 259. The number of piperidine rings is 1. The van der Waals surface area contributed by atoms with Crippen LogP contribution in [0.1, 0.15) is 91.4 Å². The second-order valence-electron chi connectivity index (χ2n) is 8.06. The van der Waals surface area contributed by atoms with Crippen LogP contribution in [0.15, 0.2) is 0 Å². The number of hydrogen-bond donors (Lipinski definition) is 1. The summed E-state index contributed by atoms with van der Waals surface area (Å²) in [5.41, 5.74) is 0. The summed E-state index contributed by atoms with van der Waals surface area (Å²) >= 11 is 0. The van der Waals surface area contributed by atoms with Gasteiger partial charge in [0, 0.05) is 6.04 Å². The van der Waals surface area contributed by atoms with Crippen molar-refractivity contribution in [1.82, 2.24) is 5.32 Å². The fourth-order valence-electron chi connectivity index (χ4n) is 4.85. The normalized spacial score (nSPS) is 35.6. The van der Waals surface area contributed by atoms with Gasteiger partial charge in [-0.1, -0.05) is 52.9 Å². The Balaban J connectivity index is 1.75. The van der Waals surface area contributed by atoms with E-state index in [0.717, 1.165) is 29.7 Å². The van der Waals surface area contributed by atoms with Gasteiger partial charge in [-0.15, -0.1) is 0 Å². The van der Waals surface area contributed by atoms with Crippen molar-refractivity contribution < 1.29 is 0 Å². The topological polar surface area (TPSA) is 12.0 Å². The molecule has 1 saturated heterocycles. The first-order chi connectivity index (χ1) is 10.2. The predicted molar refractivity (Wildman–Crippen MR) is 93.6 cm³/mol. The molecule has 0 aromatic heterocycles. The van der Waals surface area contributed by atoms with Gasteiger partial charge in [-0.25, -0.2) is 0 Å². The highest BCUT2D eigenvalue weighted by atomic mass is 14.9. The molecule has 3 atom stereocenters. The lowest BCUT2D eigenvalue weighted by molar-refractivity contribution is 0.145. The van der Waals surface area contributed by atoms with Crippen molar-refractivity contribution in [2.24, 2.45) is 23.7 Å². The lowest BCUT2D eigenvalue weighted by Crippen LogP contribution is -2.45. The molecule has 3 unspecified atom stereocenters. The molecule has 0 amide bonds. The monoisotopic (exact) mass is 293 g/mol. The van der Waals surface area contributed by atoms with E-state index in [-0.39, 0.29) is 0 Å². The molecule has 0 aromatic rings. The van der Waals surface area contributed by atoms with Gasteiger partial charge in [0.25, 0.3) is 0 Å². The van der Waals surface area contributed by atoms with Crippen LogP contribution in [0.25, 0.3) is 0 Å². The molecule has 1 saturated carbocycles. The van der Waals surface area contributed by atoms with Crippen molar-refractivity contribution in [2.75, 3.05) is 6.54 Å². The van der Waals surface area contributed by atoms with E-state index in [1.54, 1.807) is 0 Å². The Hall–Kier alpha value is -0.0400. The summed E-state index contributed by atoms with van der Waals surface area (Å²) in [6, 6.07) is 0.829. The summed E-state index contributed by atoms with van der Waals surface area (Å²) in [6.45, 7) is 8.44. The molecule has 0 aromatic carbocycles. The van der Waals surface area contributed by atoms with Crippen LogP contribution in [-0.2, 0) is 0 Å². The van der Waals surface area contributed by atoms with E-state index in [2.05, 4.69) is 26.1 Å². The molecule has 1 N–H and O–H groups in total. The fourth-order valence-corrected chi connectivity index (χ4v) is 4.85. The average Bonchev–Trinajstić information content (AvgIpc) is 2.52. The van der Waals surface area contributed by atoms with Crippen molar-refractivity contribution in [3.05, 3.63) is 0 Å². The highest BCUT2D eigenvalue weighted by Crippen LogP contribution is 2.37. The van der Waals surface area contributed by atoms with E-state index in [9.17, 15) is 0 Å². The first-order valence-electron chi connectivity index (χ1n) is 9.97. The van der Waals surface area contributed by atoms with Gasteiger partial charge in [-0.05, 0) is 68.7 Å². The minimum absolute atomic E-state index is 0.829.